The molecule has 6 nitrogen and oxygen atoms in total. The third-order valence-corrected chi connectivity index (χ3v) is 4.97. The number of carbonyl (C=O) groups is 1. The summed E-state index contributed by atoms with van der Waals surface area (Å²) in [6.45, 7) is 6.66. The Kier molecular flexibility index (Phi) is 15.0. The first-order valence-electron chi connectivity index (χ1n) is 10.6. The van der Waals surface area contributed by atoms with Crippen LogP contribution in [0.5, 0.6) is 0 Å². The third kappa shape index (κ3) is 12.3. The zero-order valence-electron chi connectivity index (χ0n) is 17.9. The second-order valence-electron chi connectivity index (χ2n) is 7.78. The molecule has 164 valence electrons. The Labute approximate surface area is 170 Å². The van der Waals surface area contributed by atoms with Crippen molar-refractivity contribution in [2.45, 2.75) is 71.5 Å². The van der Waals surface area contributed by atoms with Gasteiger partial charge in [0.25, 0.3) is 0 Å². The molecule has 0 bridgehead atoms. The molecule has 0 saturated carbocycles. The molecule has 0 heterocycles. The highest BCUT2D eigenvalue weighted by atomic mass is 16.4. The molecule has 0 aliphatic rings. The number of aliphatic hydroxyl groups excluding tert-OH is 3. The Bertz CT molecular complexity index is 438. The van der Waals surface area contributed by atoms with Crippen molar-refractivity contribution in [2.24, 2.45) is 5.92 Å². The highest BCUT2D eigenvalue weighted by Gasteiger charge is 2.34. The average molecular weight is 400 g/mol. The monoisotopic (exact) mass is 399 g/mol. The number of aliphatic hydroxyl groups is 3. The summed E-state index contributed by atoms with van der Waals surface area (Å²) in [5, 5.41) is 42.0. The largest absolute Gasteiger partial charge is 0.550 e. The molecule has 0 amide bonds. The number of carboxylic acids is 1. The van der Waals surface area contributed by atoms with Gasteiger partial charge in [-0.1, -0.05) is 45.1 Å². The SMILES string of the molecule is CC/C=C/CCC(O)C[N+](CCO)(CC(O)CC/C=C/CC)CC(C)C(=O)[O-]. The second-order valence-corrected chi connectivity index (χ2v) is 7.78. The summed E-state index contributed by atoms with van der Waals surface area (Å²) in [5.74, 6) is -1.88. The van der Waals surface area contributed by atoms with Gasteiger partial charge in [0, 0.05) is 11.9 Å². The second kappa shape index (κ2) is 15.7. The predicted octanol–water partition coefficient (Wildman–Crippen LogP) is 1.40. The van der Waals surface area contributed by atoms with Crippen molar-refractivity contribution in [3.8, 4) is 0 Å². The number of carbonyl (C=O) groups excluding carboxylic acids is 1. The zero-order valence-corrected chi connectivity index (χ0v) is 17.9. The highest BCUT2D eigenvalue weighted by Crippen LogP contribution is 2.18. The third-order valence-electron chi connectivity index (χ3n) is 4.97. The van der Waals surface area contributed by atoms with E-state index in [9.17, 15) is 25.2 Å². The molecule has 0 fully saturated rings. The van der Waals surface area contributed by atoms with Crippen LogP contribution in [0, 0.1) is 5.92 Å². The number of hydrogen-bond donors (Lipinski definition) is 3. The van der Waals surface area contributed by atoms with Gasteiger partial charge in [0.2, 0.25) is 0 Å². The molecule has 0 aliphatic carbocycles. The van der Waals surface area contributed by atoms with Crippen molar-refractivity contribution in [2.75, 3.05) is 32.8 Å². The minimum Gasteiger partial charge on any atom is -0.550 e. The average Bonchev–Trinajstić information content (AvgIpc) is 2.62. The Balaban J connectivity index is 5.18. The van der Waals surface area contributed by atoms with Crippen LogP contribution in [-0.4, -0.2) is 70.8 Å². The smallest absolute Gasteiger partial charge is 0.105 e. The van der Waals surface area contributed by atoms with E-state index < -0.39 is 24.1 Å². The van der Waals surface area contributed by atoms with Crippen LogP contribution in [0.3, 0.4) is 0 Å². The van der Waals surface area contributed by atoms with Crippen molar-refractivity contribution in [3.63, 3.8) is 0 Å². The number of quaternary nitrogens is 1. The fraction of sp³-hybridized carbons (Fsp3) is 0.773. The molecule has 0 rings (SSSR count). The lowest BCUT2D eigenvalue weighted by Gasteiger charge is -2.42. The van der Waals surface area contributed by atoms with E-state index in [0.717, 1.165) is 25.7 Å². The number of allylic oxidation sites excluding steroid dienone is 4. The summed E-state index contributed by atoms with van der Waals surface area (Å²) in [5.41, 5.74) is 0. The van der Waals surface area contributed by atoms with Crippen molar-refractivity contribution in [3.05, 3.63) is 24.3 Å². The predicted molar refractivity (Wildman–Crippen MR) is 110 cm³/mol. The van der Waals surface area contributed by atoms with Gasteiger partial charge in [0.15, 0.2) is 0 Å². The molecule has 6 heteroatoms. The van der Waals surface area contributed by atoms with Gasteiger partial charge in [-0.3, -0.25) is 0 Å². The van der Waals surface area contributed by atoms with E-state index in [1.165, 1.54) is 0 Å². The Morgan fingerprint density at radius 1 is 0.929 bits per heavy atom. The van der Waals surface area contributed by atoms with Crippen molar-refractivity contribution >= 4 is 5.97 Å². The van der Waals surface area contributed by atoms with Crippen LogP contribution in [0.2, 0.25) is 0 Å². The van der Waals surface area contributed by atoms with Crippen LogP contribution in [0.4, 0.5) is 0 Å². The lowest BCUT2D eigenvalue weighted by atomic mass is 10.0. The van der Waals surface area contributed by atoms with Gasteiger partial charge in [-0.2, -0.15) is 0 Å². The van der Waals surface area contributed by atoms with Gasteiger partial charge < -0.3 is 29.7 Å². The summed E-state index contributed by atoms with van der Waals surface area (Å²) in [4.78, 5) is 11.3. The molecule has 3 unspecified atom stereocenters. The fourth-order valence-electron chi connectivity index (χ4n) is 3.59. The van der Waals surface area contributed by atoms with Crippen LogP contribution in [0.1, 0.15) is 59.3 Å². The Morgan fingerprint density at radius 2 is 1.39 bits per heavy atom. The number of aliphatic carboxylic acids is 1. The number of rotatable bonds is 17. The first-order valence-corrected chi connectivity index (χ1v) is 10.6. The molecule has 3 atom stereocenters. The van der Waals surface area contributed by atoms with Gasteiger partial charge in [0.1, 0.15) is 31.8 Å². The minimum absolute atomic E-state index is 0.134. The van der Waals surface area contributed by atoms with Crippen LogP contribution in [0.15, 0.2) is 24.3 Å². The lowest BCUT2D eigenvalue weighted by molar-refractivity contribution is -0.936. The van der Waals surface area contributed by atoms with Crippen LogP contribution in [-0.2, 0) is 4.79 Å². The van der Waals surface area contributed by atoms with Gasteiger partial charge >= 0.3 is 0 Å². The number of nitrogens with zero attached hydrogens (tertiary/aromatic N) is 1. The van der Waals surface area contributed by atoms with E-state index >= 15 is 0 Å². The van der Waals surface area contributed by atoms with Crippen molar-refractivity contribution in [1.29, 1.82) is 0 Å². The molecule has 0 aliphatic heterocycles. The van der Waals surface area contributed by atoms with Crippen molar-refractivity contribution in [1.82, 2.24) is 0 Å². The molecule has 28 heavy (non-hydrogen) atoms. The maximum absolute atomic E-state index is 11.3. The molecule has 0 aromatic carbocycles. The molecule has 0 aromatic rings. The van der Waals surface area contributed by atoms with E-state index in [1.807, 2.05) is 24.3 Å². The number of hydrogen-bond acceptors (Lipinski definition) is 5. The molecular formula is C22H41NO5. The lowest BCUT2D eigenvalue weighted by Crippen LogP contribution is -2.60. The topological polar surface area (TPSA) is 101 Å². The van der Waals surface area contributed by atoms with Gasteiger partial charge in [0.05, 0.1) is 13.2 Å². The van der Waals surface area contributed by atoms with Crippen LogP contribution >= 0.6 is 0 Å². The summed E-state index contributed by atoms with van der Waals surface area (Å²) in [7, 11) is 0. The molecule has 0 saturated heterocycles. The standard InChI is InChI=1S/C22H41NO5/c1-4-6-8-10-12-20(25)17-23(14-15-24,16-19(3)22(27)28)18-21(26)13-11-9-7-5-2/h6-9,19-21,24-26H,4-5,10-18H2,1-3H3/b8-6+,9-7+. The molecular weight excluding hydrogens is 358 g/mol. The molecule has 0 radical (unpaired) electrons. The van der Waals surface area contributed by atoms with E-state index in [2.05, 4.69) is 13.8 Å². The van der Waals surface area contributed by atoms with E-state index in [4.69, 9.17) is 0 Å². The normalized spacial score (nSPS) is 17.6. The highest BCUT2D eigenvalue weighted by molar-refractivity contribution is 5.67. The summed E-state index contributed by atoms with van der Waals surface area (Å²) >= 11 is 0. The molecule has 3 N–H and O–H groups in total. The summed E-state index contributed by atoms with van der Waals surface area (Å²) < 4.78 is 0.170. The van der Waals surface area contributed by atoms with E-state index in [1.54, 1.807) is 6.92 Å². The number of carboxylic acid groups (broad SMARTS) is 1. The van der Waals surface area contributed by atoms with Gasteiger partial charge in [-0.25, -0.2) is 0 Å². The zero-order chi connectivity index (χ0) is 21.4. The van der Waals surface area contributed by atoms with E-state index in [-0.39, 0.29) is 17.6 Å². The van der Waals surface area contributed by atoms with Crippen molar-refractivity contribution < 1.29 is 29.7 Å². The van der Waals surface area contributed by atoms with Crippen LogP contribution in [0.25, 0.3) is 0 Å². The van der Waals surface area contributed by atoms with Gasteiger partial charge in [-0.05, 0) is 38.5 Å². The quantitative estimate of drug-likeness (QED) is 0.253. The first kappa shape index (κ1) is 26.8. The van der Waals surface area contributed by atoms with E-state index in [0.29, 0.717) is 32.5 Å². The Hall–Kier alpha value is -1.21. The first-order chi connectivity index (χ1) is 13.3. The molecule has 0 spiro atoms. The molecule has 0 aromatic heterocycles. The fourth-order valence-corrected chi connectivity index (χ4v) is 3.59. The van der Waals surface area contributed by atoms with Gasteiger partial charge in [-0.15, -0.1) is 0 Å². The van der Waals surface area contributed by atoms with Crippen LogP contribution < -0.4 is 5.11 Å². The maximum atomic E-state index is 11.3. The maximum Gasteiger partial charge on any atom is 0.105 e. The summed E-state index contributed by atoms with van der Waals surface area (Å²) in [6, 6.07) is 0. The Morgan fingerprint density at radius 3 is 1.75 bits per heavy atom. The summed E-state index contributed by atoms with van der Waals surface area (Å²) in [6.07, 6.45) is 11.4. The minimum atomic E-state index is -1.15.